The van der Waals surface area contributed by atoms with Gasteiger partial charge >= 0.3 is 0 Å². The minimum absolute atomic E-state index is 0.0288. The van der Waals surface area contributed by atoms with Gasteiger partial charge in [0.05, 0.1) is 24.2 Å². The second kappa shape index (κ2) is 12.4. The van der Waals surface area contributed by atoms with Crippen molar-refractivity contribution in [2.75, 3.05) is 31.6 Å². The highest BCUT2D eigenvalue weighted by Crippen LogP contribution is 2.36. The number of aromatic nitrogens is 1. The van der Waals surface area contributed by atoms with Crippen LogP contribution in [0.25, 0.3) is 6.08 Å². The Bertz CT molecular complexity index is 1380. The van der Waals surface area contributed by atoms with Crippen molar-refractivity contribution in [3.05, 3.63) is 61.8 Å². The Morgan fingerprint density at radius 1 is 1.18 bits per heavy atom. The number of morpholine rings is 1. The number of anilines is 1. The lowest BCUT2D eigenvalue weighted by atomic mass is 10.0. The van der Waals surface area contributed by atoms with Crippen LogP contribution in [-0.4, -0.2) is 58.6 Å². The van der Waals surface area contributed by atoms with Gasteiger partial charge in [-0.1, -0.05) is 43.0 Å². The lowest BCUT2D eigenvalue weighted by Gasteiger charge is -2.39. The van der Waals surface area contributed by atoms with E-state index in [1.807, 2.05) is 51.1 Å². The molecule has 1 aromatic heterocycles. The van der Waals surface area contributed by atoms with Crippen LogP contribution in [-0.2, 0) is 22.5 Å². The van der Waals surface area contributed by atoms with E-state index in [0.29, 0.717) is 53.0 Å². The molecule has 2 aromatic rings. The first kappa shape index (κ1) is 28.9. The topological polar surface area (TPSA) is 87.8 Å². The summed E-state index contributed by atoms with van der Waals surface area (Å²) in [5.74, 6) is 1.34. The highest BCUT2D eigenvalue weighted by Gasteiger charge is 2.34. The van der Waals surface area contributed by atoms with Crippen molar-refractivity contribution in [1.29, 1.82) is 5.26 Å². The lowest BCUT2D eigenvalue weighted by molar-refractivity contribution is -0.122. The molecule has 2 aliphatic heterocycles. The van der Waals surface area contributed by atoms with Crippen LogP contribution >= 0.6 is 24.0 Å². The molecule has 8 nitrogen and oxygen atoms in total. The van der Waals surface area contributed by atoms with Crippen molar-refractivity contribution in [3.8, 4) is 11.8 Å². The summed E-state index contributed by atoms with van der Waals surface area (Å²) in [5.41, 5.74) is 2.15. The molecule has 0 radical (unpaired) electrons. The van der Waals surface area contributed by atoms with Crippen molar-refractivity contribution in [2.24, 2.45) is 0 Å². The standard InChI is InChI=1S/C29H34N4O4S2/c1-6-12-32-26(31-16-18(2)37-19(3)17-31)23(20(4)24(15-30)27(32)34)14-25-28(35)33(29(38)39-25)13-11-21-7-9-22(36-5)10-8-21/h7-10,14,18-19H,6,11-13,16-17H2,1-5H3. The van der Waals surface area contributed by atoms with E-state index in [1.165, 1.54) is 11.8 Å². The highest BCUT2D eigenvalue weighted by molar-refractivity contribution is 8.26. The number of thioether (sulfide) groups is 1. The number of hydrogen-bond donors (Lipinski definition) is 0. The van der Waals surface area contributed by atoms with E-state index in [2.05, 4.69) is 11.0 Å². The molecule has 2 fully saturated rings. The first-order valence-corrected chi connectivity index (χ1v) is 14.4. The molecule has 0 aliphatic carbocycles. The van der Waals surface area contributed by atoms with Gasteiger partial charge in [-0.05, 0) is 62.9 Å². The van der Waals surface area contributed by atoms with Crippen molar-refractivity contribution >= 4 is 46.1 Å². The maximum absolute atomic E-state index is 13.5. The number of thiocarbonyl (C=S) groups is 1. The number of rotatable bonds is 8. The molecule has 2 saturated heterocycles. The molecule has 206 valence electrons. The number of carbonyl (C=O) groups is 1. The number of benzene rings is 1. The van der Waals surface area contributed by atoms with E-state index in [0.717, 1.165) is 23.6 Å². The molecule has 1 amide bonds. The van der Waals surface area contributed by atoms with E-state index in [9.17, 15) is 14.9 Å². The zero-order chi connectivity index (χ0) is 28.3. The quantitative estimate of drug-likeness (QED) is 0.341. The molecule has 2 aliphatic rings. The molecular formula is C29H34N4O4S2. The predicted octanol–water partition coefficient (Wildman–Crippen LogP) is 4.50. The molecule has 39 heavy (non-hydrogen) atoms. The highest BCUT2D eigenvalue weighted by atomic mass is 32.2. The zero-order valence-electron chi connectivity index (χ0n) is 23.0. The van der Waals surface area contributed by atoms with Crippen molar-refractivity contribution in [2.45, 2.75) is 59.3 Å². The largest absolute Gasteiger partial charge is 0.497 e. The molecule has 3 heterocycles. The molecule has 1 aromatic carbocycles. The number of nitrogens with zero attached hydrogens (tertiary/aromatic N) is 4. The summed E-state index contributed by atoms with van der Waals surface area (Å²) in [6.45, 7) is 9.92. The van der Waals surface area contributed by atoms with Crippen LogP contribution < -0.4 is 15.2 Å². The van der Waals surface area contributed by atoms with Gasteiger partial charge in [0.25, 0.3) is 11.5 Å². The van der Waals surface area contributed by atoms with E-state index in [-0.39, 0.29) is 29.2 Å². The van der Waals surface area contributed by atoms with Gasteiger partial charge in [0, 0.05) is 31.7 Å². The van der Waals surface area contributed by atoms with Gasteiger partial charge in [-0.25, -0.2) is 0 Å². The molecule has 0 saturated carbocycles. The third kappa shape index (κ3) is 6.06. The Kier molecular flexibility index (Phi) is 9.15. The average molecular weight is 567 g/mol. The second-order valence-electron chi connectivity index (χ2n) is 9.90. The molecular weight excluding hydrogens is 532 g/mol. The van der Waals surface area contributed by atoms with Gasteiger partial charge in [0.15, 0.2) is 0 Å². The van der Waals surface area contributed by atoms with Crippen molar-refractivity contribution < 1.29 is 14.3 Å². The van der Waals surface area contributed by atoms with Crippen LogP contribution in [0.4, 0.5) is 5.82 Å². The average Bonchev–Trinajstić information content (AvgIpc) is 3.17. The number of methoxy groups -OCH3 is 1. The van der Waals surface area contributed by atoms with Crippen molar-refractivity contribution in [3.63, 3.8) is 0 Å². The molecule has 2 unspecified atom stereocenters. The van der Waals surface area contributed by atoms with Gasteiger partial charge in [-0.15, -0.1) is 0 Å². The second-order valence-corrected chi connectivity index (χ2v) is 11.6. The molecule has 2 atom stereocenters. The van der Waals surface area contributed by atoms with Crippen LogP contribution in [0.5, 0.6) is 5.75 Å². The van der Waals surface area contributed by atoms with Gasteiger partial charge in [-0.3, -0.25) is 19.1 Å². The summed E-state index contributed by atoms with van der Waals surface area (Å²) in [6.07, 6.45) is 3.13. The number of nitriles is 1. The van der Waals surface area contributed by atoms with Gasteiger partial charge in [0.1, 0.15) is 27.5 Å². The Balaban J connectivity index is 1.73. The number of ether oxygens (including phenoxy) is 2. The lowest BCUT2D eigenvalue weighted by Crippen LogP contribution is -2.48. The summed E-state index contributed by atoms with van der Waals surface area (Å²) in [7, 11) is 1.63. The van der Waals surface area contributed by atoms with E-state index >= 15 is 0 Å². The SMILES string of the molecule is CCCn1c(N2CC(C)OC(C)C2)c(C=C2SC(=S)N(CCc3ccc(OC)cc3)C2=O)c(C)c(C#N)c1=O. The molecule has 0 bridgehead atoms. The van der Waals surface area contributed by atoms with Crippen LogP contribution in [0.3, 0.4) is 0 Å². The van der Waals surface area contributed by atoms with Crippen LogP contribution in [0.1, 0.15) is 49.4 Å². The fourth-order valence-corrected chi connectivity index (χ4v) is 6.41. The Hall–Kier alpha value is -3.13. The smallest absolute Gasteiger partial charge is 0.270 e. The first-order valence-electron chi connectivity index (χ1n) is 13.1. The Labute approximate surface area is 239 Å². The Morgan fingerprint density at radius 3 is 2.44 bits per heavy atom. The van der Waals surface area contributed by atoms with Crippen LogP contribution in [0.15, 0.2) is 34.0 Å². The monoisotopic (exact) mass is 566 g/mol. The normalized spacial score (nSPS) is 20.6. The van der Waals surface area contributed by atoms with E-state index < -0.39 is 0 Å². The molecule has 0 spiro atoms. The number of pyridine rings is 1. The summed E-state index contributed by atoms with van der Waals surface area (Å²) in [5, 5.41) is 9.88. The summed E-state index contributed by atoms with van der Waals surface area (Å²) in [6, 6.07) is 9.86. The third-order valence-electron chi connectivity index (χ3n) is 6.94. The minimum atomic E-state index is -0.303. The minimum Gasteiger partial charge on any atom is -0.497 e. The molecule has 10 heteroatoms. The summed E-state index contributed by atoms with van der Waals surface area (Å²) < 4.78 is 13.4. The fourth-order valence-electron chi connectivity index (χ4n) is 5.12. The maximum atomic E-state index is 13.5. The van der Waals surface area contributed by atoms with E-state index in [4.69, 9.17) is 21.7 Å². The fraction of sp³-hybridized carbons (Fsp3) is 0.448. The summed E-state index contributed by atoms with van der Waals surface area (Å²) in [4.78, 5) is 31.2. The van der Waals surface area contributed by atoms with Gasteiger partial charge < -0.3 is 14.4 Å². The molecule has 4 rings (SSSR count). The number of amides is 1. The number of hydrogen-bond acceptors (Lipinski definition) is 8. The first-order chi connectivity index (χ1) is 18.7. The van der Waals surface area contributed by atoms with Crippen molar-refractivity contribution in [1.82, 2.24) is 9.47 Å². The van der Waals surface area contributed by atoms with Crippen LogP contribution in [0, 0.1) is 18.3 Å². The van der Waals surface area contributed by atoms with Gasteiger partial charge in [0.2, 0.25) is 0 Å². The maximum Gasteiger partial charge on any atom is 0.270 e. The summed E-state index contributed by atoms with van der Waals surface area (Å²) >= 11 is 6.85. The molecule has 0 N–H and O–H groups in total. The van der Waals surface area contributed by atoms with Crippen LogP contribution in [0.2, 0.25) is 0 Å². The third-order valence-corrected chi connectivity index (χ3v) is 8.32. The Morgan fingerprint density at radius 2 is 1.85 bits per heavy atom. The zero-order valence-corrected chi connectivity index (χ0v) is 24.7. The predicted molar refractivity (Wildman–Crippen MR) is 159 cm³/mol. The van der Waals surface area contributed by atoms with Gasteiger partial charge in [-0.2, -0.15) is 5.26 Å². The van der Waals surface area contributed by atoms with E-state index in [1.54, 1.807) is 23.5 Å². The number of carbonyl (C=O) groups excluding carboxylic acids is 1.